The Hall–Kier alpha value is -4.66. The van der Waals surface area contributed by atoms with Crippen molar-refractivity contribution in [2.45, 2.75) is 33.2 Å². The number of hydrogen-bond acceptors (Lipinski definition) is 5. The first kappa shape index (κ1) is 27.4. The summed E-state index contributed by atoms with van der Waals surface area (Å²) in [7, 11) is 1.55. The van der Waals surface area contributed by atoms with Crippen LogP contribution in [0.25, 0.3) is 0 Å². The van der Waals surface area contributed by atoms with Crippen molar-refractivity contribution in [3.8, 4) is 5.75 Å². The first-order valence-electron chi connectivity index (χ1n) is 12.6. The fourth-order valence-electron chi connectivity index (χ4n) is 4.86. The van der Waals surface area contributed by atoms with Crippen LogP contribution in [0, 0.1) is 5.41 Å². The van der Waals surface area contributed by atoms with E-state index < -0.39 is 42.1 Å². The van der Waals surface area contributed by atoms with Crippen LogP contribution in [0.3, 0.4) is 0 Å². The molecule has 0 radical (unpaired) electrons. The van der Waals surface area contributed by atoms with Crippen LogP contribution in [-0.2, 0) is 19.2 Å². The third kappa shape index (κ3) is 5.20. The summed E-state index contributed by atoms with van der Waals surface area (Å²) in [5.74, 6) is -2.49. The molecule has 3 aromatic carbocycles. The van der Waals surface area contributed by atoms with Gasteiger partial charge in [-0.2, -0.15) is 0 Å². The van der Waals surface area contributed by atoms with Gasteiger partial charge in [0, 0.05) is 17.4 Å². The minimum Gasteiger partial charge on any atom is -0.497 e. The molecule has 1 atom stereocenters. The summed E-state index contributed by atoms with van der Waals surface area (Å²) >= 11 is 0. The second kappa shape index (κ2) is 11.0. The Bertz CT molecular complexity index is 1390. The number of aliphatic carboxylic acids is 1. The van der Waals surface area contributed by atoms with Crippen molar-refractivity contribution in [1.29, 1.82) is 0 Å². The van der Waals surface area contributed by atoms with E-state index in [2.05, 4.69) is 0 Å². The molecule has 4 rings (SSSR count). The van der Waals surface area contributed by atoms with E-state index in [-0.39, 0.29) is 6.04 Å². The molecule has 39 heavy (non-hydrogen) atoms. The maximum atomic E-state index is 14.1. The Morgan fingerprint density at radius 2 is 1.49 bits per heavy atom. The van der Waals surface area contributed by atoms with Gasteiger partial charge in [0.15, 0.2) is 0 Å². The summed E-state index contributed by atoms with van der Waals surface area (Å²) in [6, 6.07) is 22.2. The van der Waals surface area contributed by atoms with Crippen molar-refractivity contribution in [2.24, 2.45) is 5.41 Å². The van der Waals surface area contributed by atoms with Gasteiger partial charge in [-0.3, -0.25) is 29.0 Å². The summed E-state index contributed by atoms with van der Waals surface area (Å²) in [4.78, 5) is 58.1. The molecule has 1 aliphatic rings. The number of fused-ring (bicyclic) bond motifs is 1. The Morgan fingerprint density at radius 3 is 2.05 bits per heavy atom. The number of amides is 3. The number of ether oxygens (including phenoxy) is 1. The van der Waals surface area contributed by atoms with E-state index in [0.29, 0.717) is 28.5 Å². The van der Waals surface area contributed by atoms with Gasteiger partial charge in [-0.1, -0.05) is 30.3 Å². The number of nitrogens with zero attached hydrogens (tertiary/aromatic N) is 3. The number of rotatable bonds is 8. The molecule has 1 aliphatic heterocycles. The van der Waals surface area contributed by atoms with Crippen molar-refractivity contribution in [3.05, 3.63) is 78.9 Å². The smallest absolute Gasteiger partial charge is 0.304 e. The molecule has 9 heteroatoms. The lowest BCUT2D eigenvalue weighted by Gasteiger charge is -2.33. The number of carboxylic acids is 1. The highest BCUT2D eigenvalue weighted by atomic mass is 16.5. The summed E-state index contributed by atoms with van der Waals surface area (Å²) < 4.78 is 5.23. The van der Waals surface area contributed by atoms with Gasteiger partial charge in [0.2, 0.25) is 17.7 Å². The van der Waals surface area contributed by atoms with Gasteiger partial charge in [0.1, 0.15) is 17.7 Å². The van der Waals surface area contributed by atoms with Crippen LogP contribution in [0.1, 0.15) is 27.2 Å². The van der Waals surface area contributed by atoms with Crippen molar-refractivity contribution in [2.75, 3.05) is 28.4 Å². The van der Waals surface area contributed by atoms with Crippen LogP contribution >= 0.6 is 0 Å². The first-order valence-corrected chi connectivity index (χ1v) is 12.6. The molecule has 1 unspecified atom stereocenters. The standard InChI is InChI=1S/C30H31N3O6/c1-20(2)32(22-14-16-23(39-4)17-15-22)26(34)19-31-24-12-8-9-13-25(24)33(21-10-6-5-7-11-21)29(38)30(3,28(31)37)18-27(35)36/h5-17,20H,18-19H2,1-4H3,(H,35,36). The van der Waals surface area contributed by atoms with Crippen LogP contribution < -0.4 is 19.4 Å². The number of para-hydroxylation sites is 3. The molecule has 202 valence electrons. The quantitative estimate of drug-likeness (QED) is 0.427. The Labute approximate surface area is 227 Å². The molecule has 1 N–H and O–H groups in total. The average molecular weight is 530 g/mol. The zero-order valence-electron chi connectivity index (χ0n) is 22.3. The molecule has 0 saturated carbocycles. The largest absolute Gasteiger partial charge is 0.497 e. The molecule has 0 aromatic heterocycles. The first-order chi connectivity index (χ1) is 18.6. The fraction of sp³-hybridized carbons (Fsp3) is 0.267. The molecule has 3 amide bonds. The normalized spacial score (nSPS) is 17.1. The number of carboxylic acid groups (broad SMARTS) is 1. The lowest BCUT2D eigenvalue weighted by atomic mass is 9.83. The molecule has 0 fully saturated rings. The highest BCUT2D eigenvalue weighted by Gasteiger charge is 2.52. The van der Waals surface area contributed by atoms with Gasteiger partial charge in [0.05, 0.1) is 24.9 Å². The molecule has 0 aliphatic carbocycles. The number of anilines is 4. The van der Waals surface area contributed by atoms with Crippen LogP contribution in [0.5, 0.6) is 5.75 Å². The van der Waals surface area contributed by atoms with Gasteiger partial charge in [-0.15, -0.1) is 0 Å². The lowest BCUT2D eigenvalue weighted by Crippen LogP contribution is -2.53. The van der Waals surface area contributed by atoms with Gasteiger partial charge < -0.3 is 14.7 Å². The van der Waals surface area contributed by atoms with Gasteiger partial charge in [0.25, 0.3) is 0 Å². The van der Waals surface area contributed by atoms with Crippen LogP contribution in [-0.4, -0.2) is 48.5 Å². The van der Waals surface area contributed by atoms with Gasteiger partial charge in [-0.25, -0.2) is 0 Å². The summed E-state index contributed by atoms with van der Waals surface area (Å²) in [6.45, 7) is 4.64. The van der Waals surface area contributed by atoms with Gasteiger partial charge in [-0.05, 0) is 69.3 Å². The molecule has 0 spiro atoms. The molecule has 9 nitrogen and oxygen atoms in total. The summed E-state index contributed by atoms with van der Waals surface area (Å²) in [6.07, 6.45) is -0.737. The number of carbonyl (C=O) groups is 4. The summed E-state index contributed by atoms with van der Waals surface area (Å²) in [5.41, 5.74) is -0.162. The van der Waals surface area contributed by atoms with E-state index in [1.54, 1.807) is 90.9 Å². The second-order valence-electron chi connectivity index (χ2n) is 9.81. The van der Waals surface area contributed by atoms with Crippen molar-refractivity contribution in [1.82, 2.24) is 0 Å². The van der Waals surface area contributed by atoms with Crippen LogP contribution in [0.2, 0.25) is 0 Å². The van der Waals surface area contributed by atoms with E-state index in [1.165, 1.54) is 16.7 Å². The Kier molecular flexibility index (Phi) is 7.71. The molecular weight excluding hydrogens is 498 g/mol. The number of benzene rings is 3. The monoisotopic (exact) mass is 529 g/mol. The minimum absolute atomic E-state index is 0.254. The maximum absolute atomic E-state index is 14.1. The Balaban J connectivity index is 1.84. The third-order valence-electron chi connectivity index (χ3n) is 6.75. The molecular formula is C30H31N3O6. The predicted octanol–water partition coefficient (Wildman–Crippen LogP) is 4.63. The van der Waals surface area contributed by atoms with E-state index in [4.69, 9.17) is 4.74 Å². The van der Waals surface area contributed by atoms with Gasteiger partial charge >= 0.3 is 5.97 Å². The SMILES string of the molecule is COc1ccc(N(C(=O)CN2C(=O)C(C)(CC(=O)O)C(=O)N(c3ccccc3)c3ccccc32)C(C)C)cc1. The lowest BCUT2D eigenvalue weighted by molar-refractivity contribution is -0.149. The Morgan fingerprint density at radius 1 is 0.897 bits per heavy atom. The van der Waals surface area contributed by atoms with E-state index >= 15 is 0 Å². The molecule has 1 heterocycles. The molecule has 0 saturated heterocycles. The predicted molar refractivity (Wildman–Crippen MR) is 148 cm³/mol. The van der Waals surface area contributed by atoms with E-state index in [0.717, 1.165) is 0 Å². The fourth-order valence-corrected chi connectivity index (χ4v) is 4.86. The maximum Gasteiger partial charge on any atom is 0.304 e. The van der Waals surface area contributed by atoms with Crippen molar-refractivity contribution >= 4 is 46.4 Å². The van der Waals surface area contributed by atoms with E-state index in [9.17, 15) is 24.3 Å². The topological polar surface area (TPSA) is 107 Å². The highest BCUT2D eigenvalue weighted by molar-refractivity contribution is 6.24. The highest BCUT2D eigenvalue weighted by Crippen LogP contribution is 2.44. The molecule has 3 aromatic rings. The number of methoxy groups -OCH3 is 1. The van der Waals surface area contributed by atoms with Crippen LogP contribution in [0.15, 0.2) is 78.9 Å². The summed E-state index contributed by atoms with van der Waals surface area (Å²) in [5, 5.41) is 9.73. The van der Waals surface area contributed by atoms with E-state index in [1.807, 2.05) is 13.8 Å². The average Bonchev–Trinajstić information content (AvgIpc) is 2.97. The number of hydrogen-bond donors (Lipinski definition) is 1. The van der Waals surface area contributed by atoms with Crippen molar-refractivity contribution in [3.63, 3.8) is 0 Å². The number of carbonyl (C=O) groups excluding carboxylic acids is 3. The zero-order valence-corrected chi connectivity index (χ0v) is 22.3. The minimum atomic E-state index is -1.97. The zero-order chi connectivity index (χ0) is 28.3. The van der Waals surface area contributed by atoms with Crippen LogP contribution in [0.4, 0.5) is 22.7 Å². The second-order valence-corrected chi connectivity index (χ2v) is 9.81. The molecule has 0 bridgehead atoms. The van der Waals surface area contributed by atoms with Crippen molar-refractivity contribution < 1.29 is 29.0 Å². The third-order valence-corrected chi connectivity index (χ3v) is 6.75.